The van der Waals surface area contributed by atoms with Gasteiger partial charge >= 0.3 is 0 Å². The molecular formula is C22H17N2O4+. The molecule has 0 saturated carbocycles. The number of carbonyl (C=O) groups excluding carboxylic acids is 1. The Balaban J connectivity index is 1.98. The Morgan fingerprint density at radius 2 is 1.50 bits per heavy atom. The van der Waals surface area contributed by atoms with Crippen molar-refractivity contribution in [2.24, 2.45) is 0 Å². The largest absolute Gasteiger partial charge is 0.507 e. The maximum atomic E-state index is 13.3. The normalized spacial score (nSPS) is 12.3. The van der Waals surface area contributed by atoms with Gasteiger partial charge in [-0.05, 0) is 35.9 Å². The molecule has 28 heavy (non-hydrogen) atoms. The van der Waals surface area contributed by atoms with E-state index in [4.69, 9.17) is 0 Å². The Hall–Kier alpha value is -3.93. The van der Waals surface area contributed by atoms with Crippen LogP contribution in [0.5, 0.6) is 11.5 Å². The number of nitrogens with zero attached hydrogens (tertiary/aromatic N) is 1. The van der Waals surface area contributed by atoms with Gasteiger partial charge in [-0.3, -0.25) is 4.79 Å². The molecule has 3 aromatic carbocycles. The van der Waals surface area contributed by atoms with Gasteiger partial charge in [-0.1, -0.05) is 24.8 Å². The lowest BCUT2D eigenvalue weighted by Crippen LogP contribution is -2.18. The van der Waals surface area contributed by atoms with Crippen LogP contribution in [0.3, 0.4) is 0 Å². The minimum Gasteiger partial charge on any atom is -0.507 e. The van der Waals surface area contributed by atoms with Crippen molar-refractivity contribution in [1.82, 2.24) is 0 Å². The molecule has 0 spiro atoms. The summed E-state index contributed by atoms with van der Waals surface area (Å²) in [6, 6.07) is 15.1. The van der Waals surface area contributed by atoms with Crippen molar-refractivity contribution in [2.45, 2.75) is 0 Å². The van der Waals surface area contributed by atoms with Gasteiger partial charge in [0.15, 0.2) is 12.8 Å². The number of aromatic hydroxyl groups is 2. The van der Waals surface area contributed by atoms with Crippen LogP contribution in [-0.2, 0) is 0 Å². The number of phenols is 2. The molecule has 0 bridgehead atoms. The molecule has 0 radical (unpaired) electrons. The molecule has 3 N–H and O–H groups in total. The van der Waals surface area contributed by atoms with Gasteiger partial charge in [0.1, 0.15) is 11.5 Å². The number of nitrogens with one attached hydrogen (secondary N) is 1. The Bertz CT molecular complexity index is 1170. The number of rotatable bonds is 3. The zero-order chi connectivity index (χ0) is 20.0. The number of phenolic OH excluding ortho intramolecular Hbond substituents is 2. The number of hydrogen-bond donors (Lipinski definition) is 3. The molecule has 0 fully saturated rings. The number of para-hydroxylation sites is 1. The van der Waals surface area contributed by atoms with Crippen LogP contribution in [0, 0.1) is 4.91 Å². The Morgan fingerprint density at radius 3 is 2.18 bits per heavy atom. The molecule has 4 rings (SSSR count). The van der Waals surface area contributed by atoms with E-state index in [2.05, 4.69) is 11.9 Å². The molecule has 6 heteroatoms. The van der Waals surface area contributed by atoms with Crippen molar-refractivity contribution in [1.29, 1.82) is 0 Å². The van der Waals surface area contributed by atoms with Crippen molar-refractivity contribution < 1.29 is 19.8 Å². The molecular weight excluding hydrogens is 356 g/mol. The van der Waals surface area contributed by atoms with Gasteiger partial charge in [0.05, 0.1) is 22.4 Å². The first kappa shape index (κ1) is 17.5. The Labute approximate surface area is 161 Å². The standard InChI is InChI=1S/C22H16N2O4/c1-12-18-15(24(2)28)9-11-17(26)21(18)22(27)20-14(8-10-16(25)19(12)20)23-13-6-4-3-5-7-13/h3-11H,1H2,2H3,(H2-,23,25,26,27,28)/p+1. The lowest BCUT2D eigenvalue weighted by molar-refractivity contribution is -0.428. The average Bonchev–Trinajstić information content (AvgIpc) is 2.67. The van der Waals surface area contributed by atoms with E-state index in [1.165, 1.54) is 25.2 Å². The fourth-order valence-corrected chi connectivity index (χ4v) is 3.54. The van der Waals surface area contributed by atoms with Crippen LogP contribution >= 0.6 is 0 Å². The predicted molar refractivity (Wildman–Crippen MR) is 107 cm³/mol. The molecule has 0 heterocycles. The smallest absolute Gasteiger partial charge is 0.264 e. The first-order chi connectivity index (χ1) is 13.4. The highest BCUT2D eigenvalue weighted by Crippen LogP contribution is 2.48. The van der Waals surface area contributed by atoms with Gasteiger partial charge in [0.25, 0.3) is 5.69 Å². The summed E-state index contributed by atoms with van der Waals surface area (Å²) < 4.78 is 0.602. The number of hydrogen-bond acceptors (Lipinski definition) is 5. The van der Waals surface area contributed by atoms with Crippen LogP contribution in [0.25, 0.3) is 5.57 Å². The van der Waals surface area contributed by atoms with Gasteiger partial charge < -0.3 is 15.5 Å². The molecule has 0 atom stereocenters. The van der Waals surface area contributed by atoms with Gasteiger partial charge in [0, 0.05) is 27.0 Å². The summed E-state index contributed by atoms with van der Waals surface area (Å²) in [5.41, 5.74) is 2.38. The zero-order valence-electron chi connectivity index (χ0n) is 15.1. The summed E-state index contributed by atoms with van der Waals surface area (Å²) in [5.74, 6) is -0.861. The van der Waals surface area contributed by atoms with Crippen LogP contribution in [-0.4, -0.2) is 27.8 Å². The van der Waals surface area contributed by atoms with Gasteiger partial charge in [-0.25, -0.2) is 0 Å². The molecule has 1 aliphatic rings. The van der Waals surface area contributed by atoms with Crippen molar-refractivity contribution >= 4 is 28.4 Å². The second kappa shape index (κ2) is 6.35. The van der Waals surface area contributed by atoms with Crippen molar-refractivity contribution in [3.05, 3.63) is 88.3 Å². The van der Waals surface area contributed by atoms with E-state index in [-0.39, 0.29) is 39.4 Å². The van der Waals surface area contributed by atoms with Crippen LogP contribution in [0.1, 0.15) is 27.0 Å². The number of nitroso groups, excluding NO2 is 1. The van der Waals surface area contributed by atoms with Gasteiger partial charge in [-0.2, -0.15) is 0 Å². The third kappa shape index (κ3) is 2.54. The van der Waals surface area contributed by atoms with E-state index in [0.29, 0.717) is 16.0 Å². The molecule has 138 valence electrons. The molecule has 0 aromatic heterocycles. The van der Waals surface area contributed by atoms with E-state index in [0.717, 1.165) is 5.69 Å². The molecule has 0 amide bonds. The van der Waals surface area contributed by atoms with Crippen molar-refractivity contribution in [3.63, 3.8) is 0 Å². The lowest BCUT2D eigenvalue weighted by atomic mass is 9.79. The molecule has 0 unspecified atom stereocenters. The number of carbonyl (C=O) groups is 1. The summed E-state index contributed by atoms with van der Waals surface area (Å²) in [4.78, 5) is 25.3. The molecule has 0 saturated heterocycles. The fraction of sp³-hybridized carbons (Fsp3) is 0.0455. The summed E-state index contributed by atoms with van der Waals surface area (Å²) >= 11 is 0. The molecule has 0 aliphatic heterocycles. The van der Waals surface area contributed by atoms with E-state index in [9.17, 15) is 19.9 Å². The lowest BCUT2D eigenvalue weighted by Gasteiger charge is -2.24. The predicted octanol–water partition coefficient (Wildman–Crippen LogP) is 4.49. The summed E-state index contributed by atoms with van der Waals surface area (Å²) in [6.45, 7) is 4.01. The topological polar surface area (TPSA) is 89.6 Å². The van der Waals surface area contributed by atoms with Gasteiger partial charge in [-0.15, -0.1) is 0 Å². The fourth-order valence-electron chi connectivity index (χ4n) is 3.54. The van der Waals surface area contributed by atoms with E-state index in [1.807, 2.05) is 30.3 Å². The minimum absolute atomic E-state index is 0.000545. The number of ketones is 1. The second-order valence-electron chi connectivity index (χ2n) is 6.53. The third-order valence-corrected chi connectivity index (χ3v) is 4.79. The van der Waals surface area contributed by atoms with Crippen molar-refractivity contribution in [2.75, 3.05) is 12.4 Å². The highest BCUT2D eigenvalue weighted by Gasteiger charge is 2.37. The zero-order valence-corrected chi connectivity index (χ0v) is 15.1. The molecule has 6 nitrogen and oxygen atoms in total. The average molecular weight is 373 g/mol. The Kier molecular flexibility index (Phi) is 3.96. The Morgan fingerprint density at radius 1 is 0.857 bits per heavy atom. The minimum atomic E-state index is -0.493. The quantitative estimate of drug-likeness (QED) is 0.364. The van der Waals surface area contributed by atoms with Crippen LogP contribution < -0.4 is 5.32 Å². The van der Waals surface area contributed by atoms with E-state index >= 15 is 0 Å². The first-order valence-corrected chi connectivity index (χ1v) is 8.59. The van der Waals surface area contributed by atoms with Crippen LogP contribution in [0.4, 0.5) is 17.1 Å². The van der Waals surface area contributed by atoms with E-state index < -0.39 is 5.78 Å². The van der Waals surface area contributed by atoms with Gasteiger partial charge in [0.2, 0.25) is 0 Å². The maximum absolute atomic E-state index is 13.3. The molecule has 3 aromatic rings. The van der Waals surface area contributed by atoms with Crippen LogP contribution in [0.2, 0.25) is 0 Å². The highest BCUT2D eigenvalue weighted by molar-refractivity contribution is 6.24. The SMILES string of the molecule is C=C1c2c(O)ccc(Nc3ccccc3)c2C(=O)c2c(O)ccc([N+](C)=O)c21. The second-order valence-corrected chi connectivity index (χ2v) is 6.53. The third-order valence-electron chi connectivity index (χ3n) is 4.79. The monoisotopic (exact) mass is 373 g/mol. The first-order valence-electron chi connectivity index (χ1n) is 8.59. The number of anilines is 2. The number of benzene rings is 3. The molecule has 1 aliphatic carbocycles. The summed E-state index contributed by atoms with van der Waals surface area (Å²) in [6.07, 6.45) is 0. The summed E-state index contributed by atoms with van der Waals surface area (Å²) in [7, 11) is 1.30. The van der Waals surface area contributed by atoms with Crippen LogP contribution in [0.15, 0.2) is 61.2 Å². The van der Waals surface area contributed by atoms with Crippen molar-refractivity contribution in [3.8, 4) is 11.5 Å². The maximum Gasteiger partial charge on any atom is 0.264 e. The summed E-state index contributed by atoms with van der Waals surface area (Å²) in [5, 5.41) is 24.0. The highest BCUT2D eigenvalue weighted by atomic mass is 16.3. The van der Waals surface area contributed by atoms with E-state index in [1.54, 1.807) is 6.07 Å². The number of fused-ring (bicyclic) bond motifs is 2.